The highest BCUT2D eigenvalue weighted by molar-refractivity contribution is 5.88. The van der Waals surface area contributed by atoms with Crippen LogP contribution >= 0.6 is 0 Å². The summed E-state index contributed by atoms with van der Waals surface area (Å²) < 4.78 is 19.4. The summed E-state index contributed by atoms with van der Waals surface area (Å²) in [6, 6.07) is 4.28. The van der Waals surface area contributed by atoms with Gasteiger partial charge in [-0.25, -0.2) is 9.38 Å². The Bertz CT molecular complexity index is 616. The first-order valence-corrected chi connectivity index (χ1v) is 8.18. The van der Waals surface area contributed by atoms with Crippen LogP contribution < -0.4 is 0 Å². The van der Waals surface area contributed by atoms with E-state index in [1.54, 1.807) is 0 Å². The first-order valence-electron chi connectivity index (χ1n) is 8.18. The Hall–Kier alpha value is -1.50. The molecule has 1 atom stereocenters. The Morgan fingerprint density at radius 3 is 2.62 bits per heavy atom. The van der Waals surface area contributed by atoms with Crippen molar-refractivity contribution in [2.45, 2.75) is 44.4 Å². The zero-order valence-corrected chi connectivity index (χ0v) is 14.8. The lowest BCUT2D eigenvalue weighted by Crippen LogP contribution is -2.37. The molecule has 2 N–H and O–H groups in total. The first kappa shape index (κ1) is 18.8. The molecular weight excluding hydrogens is 311 g/mol. The number of nitrogens with zero attached hydrogens (tertiary/aromatic N) is 2. The van der Waals surface area contributed by atoms with E-state index in [4.69, 9.17) is 4.74 Å². The summed E-state index contributed by atoms with van der Waals surface area (Å²) >= 11 is 0. The number of aliphatic imine (C=N–C) groups is 1. The molecule has 0 aliphatic carbocycles. The Labute approximate surface area is 142 Å². The fraction of sp³-hybridized carbons (Fsp3) is 0.611. The van der Waals surface area contributed by atoms with Gasteiger partial charge in [-0.1, -0.05) is 6.07 Å². The van der Waals surface area contributed by atoms with Gasteiger partial charge in [0.2, 0.25) is 5.90 Å². The van der Waals surface area contributed by atoms with Gasteiger partial charge in [-0.05, 0) is 65.0 Å². The molecule has 0 amide bonds. The fourth-order valence-corrected chi connectivity index (χ4v) is 2.78. The lowest BCUT2D eigenvalue weighted by molar-refractivity contribution is 0.0685. The summed E-state index contributed by atoms with van der Waals surface area (Å²) in [4.78, 5) is 6.55. The van der Waals surface area contributed by atoms with Gasteiger partial charge in [-0.15, -0.1) is 0 Å². The van der Waals surface area contributed by atoms with Crippen LogP contribution in [0.3, 0.4) is 0 Å². The maximum atomic E-state index is 13.7. The van der Waals surface area contributed by atoms with Crippen LogP contribution in [0.4, 0.5) is 4.39 Å². The van der Waals surface area contributed by atoms with Gasteiger partial charge in [0.25, 0.3) is 0 Å². The second-order valence-corrected chi connectivity index (χ2v) is 7.25. The van der Waals surface area contributed by atoms with Crippen LogP contribution in [0.2, 0.25) is 0 Å². The van der Waals surface area contributed by atoms with Gasteiger partial charge in [-0.2, -0.15) is 0 Å². The van der Waals surface area contributed by atoms with Crippen LogP contribution in [0.1, 0.15) is 37.8 Å². The summed E-state index contributed by atoms with van der Waals surface area (Å²) in [6.07, 6.45) is 1.12. The minimum Gasteiger partial charge on any atom is -0.476 e. The fourth-order valence-electron chi connectivity index (χ4n) is 2.78. The average Bonchev–Trinajstić information content (AvgIpc) is 2.87. The number of hydrogen-bond donors (Lipinski definition) is 2. The summed E-state index contributed by atoms with van der Waals surface area (Å²) in [6.45, 7) is 4.64. The number of halogens is 1. The van der Waals surface area contributed by atoms with Crippen molar-refractivity contribution in [3.05, 3.63) is 35.1 Å². The van der Waals surface area contributed by atoms with Crippen LogP contribution in [0, 0.1) is 5.82 Å². The van der Waals surface area contributed by atoms with Crippen molar-refractivity contribution in [1.29, 1.82) is 0 Å². The molecule has 1 aromatic rings. The first-order chi connectivity index (χ1) is 11.2. The Morgan fingerprint density at radius 1 is 1.38 bits per heavy atom. The van der Waals surface area contributed by atoms with E-state index < -0.39 is 23.6 Å². The van der Waals surface area contributed by atoms with Gasteiger partial charge in [0.05, 0.1) is 12.1 Å². The molecule has 5 nitrogen and oxygen atoms in total. The number of rotatable bonds is 7. The standard InChI is InChI=1S/C18H27FN2O3/c1-17(2)12-24-16(20-17)18(23,8-5-9-21(3)4)14-6-7-15(19)13(10-14)11-22/h6-7,10,22-23H,5,8-9,11-12H2,1-4H3. The van der Waals surface area contributed by atoms with E-state index in [2.05, 4.69) is 4.99 Å². The van der Waals surface area contributed by atoms with Crippen molar-refractivity contribution >= 4 is 5.90 Å². The molecule has 0 fully saturated rings. The highest BCUT2D eigenvalue weighted by Gasteiger charge is 2.42. The molecule has 1 aliphatic heterocycles. The second kappa shape index (κ2) is 7.17. The van der Waals surface area contributed by atoms with E-state index in [-0.39, 0.29) is 11.5 Å². The van der Waals surface area contributed by atoms with E-state index in [0.717, 1.165) is 13.0 Å². The van der Waals surface area contributed by atoms with E-state index in [1.807, 2.05) is 32.8 Å². The van der Waals surface area contributed by atoms with E-state index in [9.17, 15) is 14.6 Å². The maximum absolute atomic E-state index is 13.7. The third kappa shape index (κ3) is 4.12. The summed E-state index contributed by atoms with van der Waals surface area (Å²) in [5.74, 6) is -0.228. The topological polar surface area (TPSA) is 65.3 Å². The number of aliphatic hydroxyl groups is 2. The lowest BCUT2D eigenvalue weighted by Gasteiger charge is -2.29. The zero-order valence-electron chi connectivity index (χ0n) is 14.8. The maximum Gasteiger partial charge on any atom is 0.221 e. The summed E-state index contributed by atoms with van der Waals surface area (Å²) in [5.41, 5.74) is -1.19. The molecule has 0 radical (unpaired) electrons. The molecule has 0 spiro atoms. The van der Waals surface area contributed by atoms with E-state index in [1.165, 1.54) is 18.2 Å². The third-order valence-electron chi connectivity index (χ3n) is 4.16. The molecule has 0 saturated carbocycles. The molecule has 1 aliphatic rings. The van der Waals surface area contributed by atoms with Crippen molar-refractivity contribution in [3.8, 4) is 0 Å². The third-order valence-corrected chi connectivity index (χ3v) is 4.16. The molecule has 2 rings (SSSR count). The van der Waals surface area contributed by atoms with Crippen LogP contribution in [-0.2, 0) is 16.9 Å². The molecule has 1 aromatic carbocycles. The predicted molar refractivity (Wildman–Crippen MR) is 91.5 cm³/mol. The average molecular weight is 338 g/mol. The van der Waals surface area contributed by atoms with Gasteiger partial charge in [-0.3, -0.25) is 0 Å². The Kier molecular flexibility index (Phi) is 5.63. The van der Waals surface area contributed by atoms with Crippen molar-refractivity contribution < 1.29 is 19.3 Å². The number of ether oxygens (including phenoxy) is 1. The Morgan fingerprint density at radius 2 is 2.08 bits per heavy atom. The number of benzene rings is 1. The lowest BCUT2D eigenvalue weighted by atomic mass is 9.87. The molecule has 134 valence electrons. The summed E-state index contributed by atoms with van der Waals surface area (Å²) in [5, 5.41) is 20.7. The SMILES string of the molecule is CN(C)CCCC(O)(C1=NC(C)(C)CO1)c1ccc(F)c(CO)c1. The van der Waals surface area contributed by atoms with E-state index in [0.29, 0.717) is 18.6 Å². The van der Waals surface area contributed by atoms with Gasteiger partial charge in [0.15, 0.2) is 5.60 Å². The van der Waals surface area contributed by atoms with Crippen molar-refractivity contribution in [2.24, 2.45) is 4.99 Å². The van der Waals surface area contributed by atoms with Crippen LogP contribution in [0.25, 0.3) is 0 Å². The van der Waals surface area contributed by atoms with Crippen LogP contribution in [-0.4, -0.2) is 53.8 Å². The smallest absolute Gasteiger partial charge is 0.221 e. The molecule has 24 heavy (non-hydrogen) atoms. The normalized spacial score (nSPS) is 19.1. The van der Waals surface area contributed by atoms with Crippen LogP contribution in [0.5, 0.6) is 0 Å². The second-order valence-electron chi connectivity index (χ2n) is 7.25. The Balaban J connectivity index is 2.39. The van der Waals surface area contributed by atoms with E-state index >= 15 is 0 Å². The molecule has 0 aromatic heterocycles. The summed E-state index contributed by atoms with van der Waals surface area (Å²) in [7, 11) is 3.93. The quantitative estimate of drug-likeness (QED) is 0.799. The molecule has 1 unspecified atom stereocenters. The van der Waals surface area contributed by atoms with Gasteiger partial charge >= 0.3 is 0 Å². The van der Waals surface area contributed by atoms with Crippen LogP contribution in [0.15, 0.2) is 23.2 Å². The largest absolute Gasteiger partial charge is 0.476 e. The van der Waals surface area contributed by atoms with Crippen molar-refractivity contribution in [3.63, 3.8) is 0 Å². The van der Waals surface area contributed by atoms with Gasteiger partial charge in [0.1, 0.15) is 12.4 Å². The monoisotopic (exact) mass is 338 g/mol. The minimum absolute atomic E-state index is 0.149. The molecular formula is C18H27FN2O3. The molecule has 1 heterocycles. The van der Waals surface area contributed by atoms with Gasteiger partial charge in [0, 0.05) is 5.56 Å². The molecule has 6 heteroatoms. The number of hydrogen-bond acceptors (Lipinski definition) is 5. The van der Waals surface area contributed by atoms with Crippen molar-refractivity contribution in [1.82, 2.24) is 4.90 Å². The van der Waals surface area contributed by atoms with Crippen molar-refractivity contribution in [2.75, 3.05) is 27.2 Å². The molecule has 0 bridgehead atoms. The predicted octanol–water partition coefficient (Wildman–Crippen LogP) is 2.05. The molecule has 0 saturated heterocycles. The highest BCUT2D eigenvalue weighted by Crippen LogP contribution is 2.34. The highest BCUT2D eigenvalue weighted by atomic mass is 19.1. The zero-order chi connectivity index (χ0) is 18.0. The number of aliphatic hydroxyl groups excluding tert-OH is 1. The minimum atomic E-state index is -1.43. The van der Waals surface area contributed by atoms with Gasteiger partial charge < -0.3 is 19.8 Å².